The van der Waals surface area contributed by atoms with E-state index in [2.05, 4.69) is 9.88 Å². The highest BCUT2D eigenvalue weighted by Crippen LogP contribution is 2.33. The molecule has 1 fully saturated rings. The van der Waals surface area contributed by atoms with Crippen LogP contribution in [0.5, 0.6) is 0 Å². The van der Waals surface area contributed by atoms with Gasteiger partial charge >= 0.3 is 0 Å². The van der Waals surface area contributed by atoms with E-state index in [9.17, 15) is 9.50 Å². The van der Waals surface area contributed by atoms with Gasteiger partial charge in [0.1, 0.15) is 5.82 Å². The average Bonchev–Trinajstić information content (AvgIpc) is 2.96. The molecule has 110 valence electrons. The molecule has 2 aromatic rings. The zero-order chi connectivity index (χ0) is 14.7. The van der Waals surface area contributed by atoms with E-state index in [1.165, 1.54) is 11.6 Å². The van der Waals surface area contributed by atoms with E-state index in [1.807, 2.05) is 12.1 Å². The Balaban J connectivity index is 1.73. The van der Waals surface area contributed by atoms with Gasteiger partial charge in [-0.05, 0) is 43.1 Å². The summed E-state index contributed by atoms with van der Waals surface area (Å²) in [5.74, 6) is -0.343. The first-order valence-corrected chi connectivity index (χ1v) is 7.32. The second-order valence-corrected chi connectivity index (χ2v) is 5.47. The van der Waals surface area contributed by atoms with E-state index in [0.29, 0.717) is 12.1 Å². The van der Waals surface area contributed by atoms with E-state index >= 15 is 0 Å². The third-order valence-corrected chi connectivity index (χ3v) is 4.13. The van der Waals surface area contributed by atoms with Gasteiger partial charge in [-0.3, -0.25) is 9.88 Å². The Morgan fingerprint density at radius 1 is 1.24 bits per heavy atom. The maximum absolute atomic E-state index is 13.7. The molecule has 1 aliphatic heterocycles. The van der Waals surface area contributed by atoms with Crippen LogP contribution in [0.4, 0.5) is 4.39 Å². The lowest BCUT2D eigenvalue weighted by atomic mass is 10.0. The van der Waals surface area contributed by atoms with Crippen molar-refractivity contribution in [3.63, 3.8) is 0 Å². The van der Waals surface area contributed by atoms with Gasteiger partial charge < -0.3 is 5.11 Å². The quantitative estimate of drug-likeness (QED) is 0.938. The first kappa shape index (κ1) is 14.2. The molecule has 1 aliphatic rings. The van der Waals surface area contributed by atoms with Crippen molar-refractivity contribution in [2.24, 2.45) is 0 Å². The molecule has 0 spiro atoms. The molecule has 2 atom stereocenters. The second kappa shape index (κ2) is 6.33. The Morgan fingerprint density at radius 3 is 2.76 bits per heavy atom. The fourth-order valence-corrected chi connectivity index (χ4v) is 3.07. The minimum absolute atomic E-state index is 0.287. The predicted octanol–water partition coefficient (Wildman–Crippen LogP) is 3.09. The Bertz CT molecular complexity index is 590. The zero-order valence-corrected chi connectivity index (χ0v) is 11.8. The second-order valence-electron chi connectivity index (χ2n) is 5.47. The minimum Gasteiger partial charge on any atom is -0.387 e. The van der Waals surface area contributed by atoms with Crippen LogP contribution in [0, 0.1) is 5.82 Å². The van der Waals surface area contributed by atoms with Crippen molar-refractivity contribution in [1.29, 1.82) is 0 Å². The molecule has 0 saturated carbocycles. The molecule has 2 heterocycles. The van der Waals surface area contributed by atoms with E-state index in [4.69, 9.17) is 0 Å². The molecule has 0 radical (unpaired) electrons. The topological polar surface area (TPSA) is 36.4 Å². The highest BCUT2D eigenvalue weighted by Gasteiger charge is 2.28. The van der Waals surface area contributed by atoms with Crippen LogP contribution in [0.25, 0.3) is 0 Å². The first-order chi connectivity index (χ1) is 10.3. The fraction of sp³-hybridized carbons (Fsp3) is 0.353. The molecule has 0 amide bonds. The number of pyridine rings is 1. The number of likely N-dealkylation sites (tertiary alicyclic amines) is 1. The van der Waals surface area contributed by atoms with Gasteiger partial charge in [0.25, 0.3) is 0 Å². The lowest BCUT2D eigenvalue weighted by Crippen LogP contribution is -2.28. The number of aliphatic hydroxyl groups is 1. The van der Waals surface area contributed by atoms with E-state index in [0.717, 1.165) is 19.4 Å². The highest BCUT2D eigenvalue weighted by atomic mass is 19.1. The van der Waals surface area contributed by atoms with Crippen molar-refractivity contribution in [1.82, 2.24) is 9.88 Å². The number of halogens is 1. The van der Waals surface area contributed by atoms with Crippen LogP contribution in [-0.4, -0.2) is 28.1 Å². The highest BCUT2D eigenvalue weighted by molar-refractivity contribution is 5.21. The van der Waals surface area contributed by atoms with E-state index in [1.54, 1.807) is 30.6 Å². The van der Waals surface area contributed by atoms with Crippen LogP contribution in [0.1, 0.15) is 36.1 Å². The van der Waals surface area contributed by atoms with Crippen molar-refractivity contribution in [2.75, 3.05) is 13.1 Å². The number of nitrogens with zero attached hydrogens (tertiary/aromatic N) is 2. The number of rotatable bonds is 4. The lowest BCUT2D eigenvalue weighted by Gasteiger charge is -2.27. The smallest absolute Gasteiger partial charge is 0.129 e. The van der Waals surface area contributed by atoms with E-state index < -0.39 is 6.10 Å². The summed E-state index contributed by atoms with van der Waals surface area (Å²) in [4.78, 5) is 6.27. The monoisotopic (exact) mass is 286 g/mol. The summed E-state index contributed by atoms with van der Waals surface area (Å²) in [6.07, 6.45) is 4.94. The summed E-state index contributed by atoms with van der Waals surface area (Å²) in [5.41, 5.74) is 1.58. The average molecular weight is 286 g/mol. The summed E-state index contributed by atoms with van der Waals surface area (Å²) in [5, 5.41) is 10.3. The zero-order valence-electron chi connectivity index (χ0n) is 11.8. The van der Waals surface area contributed by atoms with Gasteiger partial charge in [-0.25, -0.2) is 4.39 Å². The maximum atomic E-state index is 13.7. The van der Waals surface area contributed by atoms with Crippen LogP contribution in [0.15, 0.2) is 48.8 Å². The van der Waals surface area contributed by atoms with Gasteiger partial charge in [0.05, 0.1) is 6.10 Å². The van der Waals surface area contributed by atoms with Crippen LogP contribution in [0.2, 0.25) is 0 Å². The van der Waals surface area contributed by atoms with Gasteiger partial charge in [0.2, 0.25) is 0 Å². The van der Waals surface area contributed by atoms with Crippen molar-refractivity contribution in [3.8, 4) is 0 Å². The Morgan fingerprint density at radius 2 is 2.00 bits per heavy atom. The Kier molecular flexibility index (Phi) is 4.27. The maximum Gasteiger partial charge on any atom is 0.129 e. The number of hydrogen-bond acceptors (Lipinski definition) is 3. The summed E-state index contributed by atoms with van der Waals surface area (Å²) in [6.45, 7) is 1.38. The normalized spacial score (nSPS) is 20.6. The van der Waals surface area contributed by atoms with Crippen LogP contribution in [-0.2, 0) is 0 Å². The molecule has 4 heteroatoms. The molecule has 0 bridgehead atoms. The molecule has 3 rings (SSSR count). The number of benzene rings is 1. The van der Waals surface area contributed by atoms with Gasteiger partial charge in [-0.1, -0.05) is 18.2 Å². The first-order valence-electron chi connectivity index (χ1n) is 7.32. The molecule has 1 aromatic heterocycles. The molecule has 21 heavy (non-hydrogen) atoms. The van der Waals surface area contributed by atoms with E-state index in [-0.39, 0.29) is 11.9 Å². The van der Waals surface area contributed by atoms with Crippen LogP contribution in [0.3, 0.4) is 0 Å². The summed E-state index contributed by atoms with van der Waals surface area (Å²) < 4.78 is 13.7. The van der Waals surface area contributed by atoms with Crippen LogP contribution < -0.4 is 0 Å². The van der Waals surface area contributed by atoms with Gasteiger partial charge in [0, 0.05) is 30.5 Å². The Labute approximate surface area is 124 Å². The molecule has 1 N–H and O–H groups in total. The third kappa shape index (κ3) is 3.12. The van der Waals surface area contributed by atoms with Crippen molar-refractivity contribution in [3.05, 3.63) is 65.7 Å². The molecular weight excluding hydrogens is 267 g/mol. The molecule has 0 aliphatic carbocycles. The summed E-state index contributed by atoms with van der Waals surface area (Å²) in [6, 6.07) is 10.7. The number of aliphatic hydroxyl groups excluding tert-OH is 1. The van der Waals surface area contributed by atoms with Gasteiger partial charge in [0.15, 0.2) is 0 Å². The lowest BCUT2D eigenvalue weighted by molar-refractivity contribution is 0.103. The van der Waals surface area contributed by atoms with Crippen molar-refractivity contribution >= 4 is 0 Å². The predicted molar refractivity (Wildman–Crippen MR) is 79.1 cm³/mol. The minimum atomic E-state index is -0.798. The van der Waals surface area contributed by atoms with Crippen molar-refractivity contribution in [2.45, 2.75) is 25.0 Å². The molecule has 2 unspecified atom stereocenters. The van der Waals surface area contributed by atoms with Gasteiger partial charge in [-0.15, -0.1) is 0 Å². The third-order valence-electron chi connectivity index (χ3n) is 4.13. The summed E-state index contributed by atoms with van der Waals surface area (Å²) in [7, 11) is 0. The molecular formula is C17H19FN2O. The number of aromatic nitrogens is 1. The number of β-amino-alcohol motifs (C(OH)–C–C–N with tert-alkyl or cyclic N) is 1. The largest absolute Gasteiger partial charge is 0.387 e. The standard InChI is InChI=1S/C17H19FN2O/c18-15-5-2-1-4-14(15)17(21)12-20-11-3-6-16(20)13-7-9-19-10-8-13/h1-2,4-5,7-10,16-17,21H,3,6,11-12H2. The summed E-state index contributed by atoms with van der Waals surface area (Å²) >= 11 is 0. The number of hydrogen-bond donors (Lipinski definition) is 1. The fourth-order valence-electron chi connectivity index (χ4n) is 3.07. The van der Waals surface area contributed by atoms with Crippen LogP contribution >= 0.6 is 0 Å². The SMILES string of the molecule is OC(CN1CCCC1c1ccncc1)c1ccccc1F. The molecule has 1 aromatic carbocycles. The molecule has 1 saturated heterocycles. The van der Waals surface area contributed by atoms with Gasteiger partial charge in [-0.2, -0.15) is 0 Å². The molecule has 3 nitrogen and oxygen atoms in total. The Hall–Kier alpha value is -1.78. The van der Waals surface area contributed by atoms with Crippen molar-refractivity contribution < 1.29 is 9.50 Å².